The van der Waals surface area contributed by atoms with Crippen LogP contribution in [0.4, 0.5) is 0 Å². The van der Waals surface area contributed by atoms with E-state index >= 15 is 0 Å². The van der Waals surface area contributed by atoms with Gasteiger partial charge in [0.05, 0.1) is 0 Å². The van der Waals surface area contributed by atoms with Crippen LogP contribution in [0.3, 0.4) is 0 Å². The number of hydrogen-bond donors (Lipinski definition) is 0. The minimum absolute atomic E-state index is 0.353. The Kier molecular flexibility index (Phi) is 6.28. The summed E-state index contributed by atoms with van der Waals surface area (Å²) in [6, 6.07) is 22.4. The average molecular weight is 398 g/mol. The van der Waals surface area contributed by atoms with Gasteiger partial charge >= 0.3 is 11.9 Å². The lowest BCUT2D eigenvalue weighted by atomic mass is 9.94. The Morgan fingerprint density at radius 2 is 0.967 bits per heavy atom. The summed E-state index contributed by atoms with van der Waals surface area (Å²) in [6.45, 7) is 11.2. The summed E-state index contributed by atoms with van der Waals surface area (Å²) in [4.78, 5) is 22.1. The molecule has 0 heterocycles. The lowest BCUT2D eigenvalue weighted by Gasteiger charge is -2.12. The van der Waals surface area contributed by atoms with E-state index in [1.165, 1.54) is 13.8 Å². The van der Waals surface area contributed by atoms with E-state index in [-0.39, 0.29) is 11.9 Å². The molecule has 0 saturated heterocycles. The molecule has 0 aromatic heterocycles. The Morgan fingerprint density at radius 3 is 1.30 bits per heavy atom. The van der Waals surface area contributed by atoms with Gasteiger partial charge in [0, 0.05) is 13.8 Å². The fourth-order valence-corrected chi connectivity index (χ4v) is 3.01. The molecular formula is C26H22O4. The summed E-state index contributed by atoms with van der Waals surface area (Å²) < 4.78 is 10.2. The molecule has 4 heteroatoms. The monoisotopic (exact) mass is 398 g/mol. The average Bonchev–Trinajstić information content (AvgIpc) is 2.73. The zero-order chi connectivity index (χ0) is 21.7. The molecule has 0 aliphatic rings. The highest BCUT2D eigenvalue weighted by Crippen LogP contribution is 2.29. The van der Waals surface area contributed by atoms with Crippen molar-refractivity contribution in [1.29, 1.82) is 0 Å². The van der Waals surface area contributed by atoms with Gasteiger partial charge in [-0.2, -0.15) is 0 Å². The van der Waals surface area contributed by atoms with Gasteiger partial charge in [0.25, 0.3) is 0 Å². The molecule has 3 aromatic carbocycles. The van der Waals surface area contributed by atoms with Crippen LogP contribution in [0.15, 0.2) is 86.0 Å². The zero-order valence-electron chi connectivity index (χ0n) is 17.0. The fraction of sp³-hybridized carbons (Fsp3) is 0.0769. The molecule has 3 rings (SSSR count). The first-order valence-electron chi connectivity index (χ1n) is 9.40. The Labute approximate surface area is 176 Å². The first kappa shape index (κ1) is 20.8. The number of rotatable bonds is 6. The number of carbonyl (C=O) groups is 2. The maximum atomic E-state index is 11.1. The topological polar surface area (TPSA) is 52.6 Å². The second-order valence-electron chi connectivity index (χ2n) is 6.77. The van der Waals surface area contributed by atoms with E-state index in [0.717, 1.165) is 33.4 Å². The molecule has 0 saturated carbocycles. The van der Waals surface area contributed by atoms with Crippen LogP contribution in [0.25, 0.3) is 11.1 Å². The summed E-state index contributed by atoms with van der Waals surface area (Å²) in [5.41, 5.74) is 5.49. The molecule has 4 nitrogen and oxygen atoms in total. The highest BCUT2D eigenvalue weighted by atomic mass is 16.5. The minimum atomic E-state index is -0.353. The smallest absolute Gasteiger partial charge is 0.308 e. The van der Waals surface area contributed by atoms with E-state index in [0.29, 0.717) is 11.5 Å². The molecule has 0 radical (unpaired) electrons. The van der Waals surface area contributed by atoms with Gasteiger partial charge in [-0.1, -0.05) is 55.6 Å². The van der Waals surface area contributed by atoms with Gasteiger partial charge in [0.2, 0.25) is 0 Å². The molecule has 0 bridgehead atoms. The van der Waals surface area contributed by atoms with Gasteiger partial charge in [-0.05, 0) is 63.7 Å². The third-order valence-electron chi connectivity index (χ3n) is 4.49. The van der Waals surface area contributed by atoms with Crippen molar-refractivity contribution < 1.29 is 19.1 Å². The number of ether oxygens (including phenoxy) is 2. The third kappa shape index (κ3) is 5.11. The lowest BCUT2D eigenvalue weighted by molar-refractivity contribution is -0.132. The molecule has 30 heavy (non-hydrogen) atoms. The molecule has 0 fully saturated rings. The van der Waals surface area contributed by atoms with Crippen molar-refractivity contribution in [3.63, 3.8) is 0 Å². The number of esters is 2. The van der Waals surface area contributed by atoms with Crippen LogP contribution in [-0.4, -0.2) is 11.9 Å². The van der Waals surface area contributed by atoms with Crippen molar-refractivity contribution >= 4 is 23.1 Å². The Bertz CT molecular complexity index is 1020. The van der Waals surface area contributed by atoms with Crippen LogP contribution in [0.5, 0.6) is 11.5 Å². The number of hydrogen-bond acceptors (Lipinski definition) is 4. The van der Waals surface area contributed by atoms with Gasteiger partial charge < -0.3 is 9.47 Å². The SMILES string of the molecule is C=C(c1ccc(OC(C)=O)cc1)c1cccc(C(=C)c2ccc(OC(C)=O)cc2)c1. The molecule has 0 amide bonds. The predicted molar refractivity (Wildman–Crippen MR) is 118 cm³/mol. The van der Waals surface area contributed by atoms with Crippen molar-refractivity contribution in [2.75, 3.05) is 0 Å². The van der Waals surface area contributed by atoms with Crippen LogP contribution in [0.2, 0.25) is 0 Å². The van der Waals surface area contributed by atoms with Crippen LogP contribution in [0, 0.1) is 0 Å². The van der Waals surface area contributed by atoms with E-state index in [1.54, 1.807) is 24.3 Å². The summed E-state index contributed by atoms with van der Waals surface area (Å²) in [7, 11) is 0. The van der Waals surface area contributed by atoms with Crippen molar-refractivity contribution in [2.24, 2.45) is 0 Å². The van der Waals surface area contributed by atoms with Crippen molar-refractivity contribution in [1.82, 2.24) is 0 Å². The van der Waals surface area contributed by atoms with Crippen LogP contribution >= 0.6 is 0 Å². The second kappa shape index (κ2) is 9.05. The van der Waals surface area contributed by atoms with Gasteiger partial charge in [-0.3, -0.25) is 9.59 Å². The Balaban J connectivity index is 1.79. The van der Waals surface area contributed by atoms with E-state index < -0.39 is 0 Å². The van der Waals surface area contributed by atoms with Gasteiger partial charge in [-0.15, -0.1) is 0 Å². The molecule has 150 valence electrons. The zero-order valence-corrected chi connectivity index (χ0v) is 17.0. The molecule has 0 N–H and O–H groups in total. The lowest BCUT2D eigenvalue weighted by Crippen LogP contribution is -2.01. The van der Waals surface area contributed by atoms with Crippen molar-refractivity contribution in [3.8, 4) is 11.5 Å². The van der Waals surface area contributed by atoms with Crippen LogP contribution < -0.4 is 9.47 Å². The van der Waals surface area contributed by atoms with E-state index in [2.05, 4.69) is 13.2 Å². The number of carbonyl (C=O) groups excluding carboxylic acids is 2. The quantitative estimate of drug-likeness (QED) is 0.397. The highest BCUT2D eigenvalue weighted by molar-refractivity contribution is 5.84. The molecular weight excluding hydrogens is 376 g/mol. The Hall–Kier alpha value is -3.92. The maximum absolute atomic E-state index is 11.1. The third-order valence-corrected chi connectivity index (χ3v) is 4.49. The van der Waals surface area contributed by atoms with E-state index in [9.17, 15) is 9.59 Å². The fourth-order valence-electron chi connectivity index (χ4n) is 3.01. The molecule has 0 aliphatic heterocycles. The Morgan fingerprint density at radius 1 is 0.600 bits per heavy atom. The van der Waals surface area contributed by atoms with Crippen molar-refractivity contribution in [3.05, 3.63) is 108 Å². The molecule has 3 aromatic rings. The number of benzene rings is 3. The summed E-state index contributed by atoms with van der Waals surface area (Å²) >= 11 is 0. The largest absolute Gasteiger partial charge is 0.427 e. The van der Waals surface area contributed by atoms with Crippen LogP contribution in [-0.2, 0) is 9.59 Å². The summed E-state index contributed by atoms with van der Waals surface area (Å²) in [5.74, 6) is 0.291. The molecule has 0 aliphatic carbocycles. The van der Waals surface area contributed by atoms with Gasteiger partial charge in [0.15, 0.2) is 0 Å². The van der Waals surface area contributed by atoms with Gasteiger partial charge in [-0.25, -0.2) is 0 Å². The van der Waals surface area contributed by atoms with E-state index in [1.807, 2.05) is 48.5 Å². The first-order valence-corrected chi connectivity index (χ1v) is 9.40. The van der Waals surface area contributed by atoms with Gasteiger partial charge in [0.1, 0.15) is 11.5 Å². The predicted octanol–water partition coefficient (Wildman–Crippen LogP) is 5.66. The minimum Gasteiger partial charge on any atom is -0.427 e. The first-order chi connectivity index (χ1) is 14.3. The normalized spacial score (nSPS) is 10.2. The molecule has 0 unspecified atom stereocenters. The summed E-state index contributed by atoms with van der Waals surface area (Å²) in [5, 5.41) is 0. The van der Waals surface area contributed by atoms with Crippen molar-refractivity contribution in [2.45, 2.75) is 13.8 Å². The molecule has 0 atom stereocenters. The highest BCUT2D eigenvalue weighted by Gasteiger charge is 2.08. The van der Waals surface area contributed by atoms with Crippen LogP contribution in [0.1, 0.15) is 36.1 Å². The second-order valence-corrected chi connectivity index (χ2v) is 6.77. The van der Waals surface area contributed by atoms with E-state index in [4.69, 9.17) is 9.47 Å². The molecule has 0 spiro atoms. The summed E-state index contributed by atoms with van der Waals surface area (Å²) in [6.07, 6.45) is 0. The standard InChI is InChI=1S/C26H22O4/c1-17(21-8-12-25(13-9-21)29-19(3)27)23-6-5-7-24(16-23)18(2)22-10-14-26(15-11-22)30-20(4)28/h5-16H,1-2H2,3-4H3. The maximum Gasteiger partial charge on any atom is 0.308 e.